The maximum Gasteiger partial charge on any atom is 0.338 e. The predicted molar refractivity (Wildman–Crippen MR) is 94.1 cm³/mol. The minimum absolute atomic E-state index is 0.241. The quantitative estimate of drug-likeness (QED) is 0.751. The van der Waals surface area contributed by atoms with Crippen molar-refractivity contribution in [2.24, 2.45) is 5.41 Å². The predicted octanol–water partition coefficient (Wildman–Crippen LogP) is 3.49. The molecule has 0 fully saturated rings. The highest BCUT2D eigenvalue weighted by Crippen LogP contribution is 2.49. The van der Waals surface area contributed by atoms with E-state index in [4.69, 9.17) is 4.74 Å². The van der Waals surface area contributed by atoms with E-state index in [2.05, 4.69) is 12.1 Å². The van der Waals surface area contributed by atoms with Gasteiger partial charge >= 0.3 is 5.97 Å². The normalized spacial score (nSPS) is 22.8. The fraction of sp³-hybridized carbons (Fsp3) is 0.364. The van der Waals surface area contributed by atoms with Crippen molar-refractivity contribution in [1.29, 1.82) is 0 Å². The Bertz CT molecular complexity index is 941. The summed E-state index contributed by atoms with van der Waals surface area (Å²) in [5.74, 6) is 0.00489. The third kappa shape index (κ3) is 1.92. The number of carbonyl (C=O) groups is 2. The molecular weight excluding hydrogens is 312 g/mol. The summed E-state index contributed by atoms with van der Waals surface area (Å²) in [4.78, 5) is 25.7. The van der Waals surface area contributed by atoms with Gasteiger partial charge in [0.25, 0.3) is 0 Å². The van der Waals surface area contributed by atoms with Gasteiger partial charge in [-0.05, 0) is 66.3 Å². The van der Waals surface area contributed by atoms with Crippen molar-refractivity contribution in [3.63, 3.8) is 0 Å². The van der Waals surface area contributed by atoms with E-state index in [0.717, 1.165) is 59.9 Å². The first-order valence-corrected chi connectivity index (χ1v) is 9.00. The molecule has 0 unspecified atom stereocenters. The third-order valence-electron chi connectivity index (χ3n) is 6.31. The molecular formula is C22H20O3. The lowest BCUT2D eigenvalue weighted by Gasteiger charge is -2.20. The summed E-state index contributed by atoms with van der Waals surface area (Å²) < 4.78 is 5.10. The van der Waals surface area contributed by atoms with Gasteiger partial charge in [0, 0.05) is 11.0 Å². The molecule has 0 N–H and O–H groups in total. The van der Waals surface area contributed by atoms with Crippen LogP contribution < -0.4 is 0 Å². The molecule has 3 heteroatoms. The molecule has 2 aromatic carbocycles. The van der Waals surface area contributed by atoms with Crippen molar-refractivity contribution in [2.45, 2.75) is 38.5 Å². The topological polar surface area (TPSA) is 43.4 Å². The largest absolute Gasteiger partial charge is 0.465 e. The molecule has 5 rings (SSSR count). The molecule has 1 spiro atoms. The molecule has 0 aliphatic heterocycles. The Hall–Kier alpha value is -2.42. The van der Waals surface area contributed by atoms with Crippen LogP contribution in [0.2, 0.25) is 0 Å². The van der Waals surface area contributed by atoms with Crippen molar-refractivity contribution >= 4 is 11.8 Å². The average molecular weight is 332 g/mol. The maximum atomic E-state index is 13.2. The van der Waals surface area contributed by atoms with Crippen molar-refractivity contribution in [1.82, 2.24) is 0 Å². The van der Waals surface area contributed by atoms with Gasteiger partial charge in [-0.3, -0.25) is 4.79 Å². The molecule has 0 amide bonds. The second-order valence-corrected chi connectivity index (χ2v) is 7.67. The number of fused-ring (bicyclic) bond motifs is 3. The number of ketones is 1. The fourth-order valence-electron chi connectivity index (χ4n) is 5.24. The van der Waals surface area contributed by atoms with E-state index in [-0.39, 0.29) is 11.8 Å². The van der Waals surface area contributed by atoms with Crippen LogP contribution in [0.15, 0.2) is 30.3 Å². The smallest absolute Gasteiger partial charge is 0.338 e. The molecule has 25 heavy (non-hydrogen) atoms. The Kier molecular flexibility index (Phi) is 3.00. The van der Waals surface area contributed by atoms with Gasteiger partial charge in [0.05, 0.1) is 12.7 Å². The molecule has 0 saturated heterocycles. The molecule has 3 aliphatic rings. The number of hydrogen-bond donors (Lipinski definition) is 0. The van der Waals surface area contributed by atoms with Crippen LogP contribution in [0.4, 0.5) is 0 Å². The summed E-state index contributed by atoms with van der Waals surface area (Å²) >= 11 is 0. The van der Waals surface area contributed by atoms with Gasteiger partial charge in [0.2, 0.25) is 0 Å². The van der Waals surface area contributed by atoms with Crippen LogP contribution in [0.3, 0.4) is 0 Å². The van der Waals surface area contributed by atoms with Crippen molar-refractivity contribution < 1.29 is 14.3 Å². The molecule has 126 valence electrons. The molecule has 0 saturated carbocycles. The number of ether oxygens (including phenoxy) is 1. The summed E-state index contributed by atoms with van der Waals surface area (Å²) in [7, 11) is 1.45. The van der Waals surface area contributed by atoms with E-state index in [0.29, 0.717) is 6.42 Å². The number of esters is 1. The second kappa shape index (κ2) is 5.04. The number of methoxy groups -OCH3 is 1. The zero-order valence-electron chi connectivity index (χ0n) is 14.4. The summed E-state index contributed by atoms with van der Waals surface area (Å²) in [6.45, 7) is 0. The monoisotopic (exact) mass is 332 g/mol. The molecule has 0 radical (unpaired) electrons. The van der Waals surface area contributed by atoms with Crippen molar-refractivity contribution in [3.05, 3.63) is 69.3 Å². The van der Waals surface area contributed by atoms with Crippen LogP contribution in [0, 0.1) is 5.41 Å². The molecule has 3 aliphatic carbocycles. The number of carbonyl (C=O) groups excluding carboxylic acids is 2. The van der Waals surface area contributed by atoms with Gasteiger partial charge in [0.1, 0.15) is 0 Å². The maximum absolute atomic E-state index is 13.2. The highest BCUT2D eigenvalue weighted by Gasteiger charge is 2.50. The summed E-state index contributed by atoms with van der Waals surface area (Å²) in [6, 6.07) is 10.2. The van der Waals surface area contributed by atoms with E-state index >= 15 is 0 Å². The van der Waals surface area contributed by atoms with Gasteiger partial charge < -0.3 is 4.74 Å². The lowest BCUT2D eigenvalue weighted by atomic mass is 9.80. The molecule has 1 atom stereocenters. The van der Waals surface area contributed by atoms with Gasteiger partial charge in [0.15, 0.2) is 5.78 Å². The van der Waals surface area contributed by atoms with E-state index in [1.807, 2.05) is 18.2 Å². The van der Waals surface area contributed by atoms with Gasteiger partial charge in [-0.25, -0.2) is 4.79 Å². The Balaban J connectivity index is 1.64. The minimum Gasteiger partial charge on any atom is -0.465 e. The Labute approximate surface area is 147 Å². The van der Waals surface area contributed by atoms with E-state index in [9.17, 15) is 9.59 Å². The first-order chi connectivity index (χ1) is 12.1. The zero-order chi connectivity index (χ0) is 17.2. The summed E-state index contributed by atoms with van der Waals surface area (Å²) in [6.07, 6.45) is 5.24. The van der Waals surface area contributed by atoms with Crippen molar-refractivity contribution in [3.8, 4) is 0 Å². The van der Waals surface area contributed by atoms with E-state index in [1.54, 1.807) is 0 Å². The Morgan fingerprint density at radius 1 is 1.00 bits per heavy atom. The standard InChI is InChI=1S/C22H20O3/c1-25-21(24)19-16-8-4-6-13(16)9-15-11-22(12-18(15)19)10-14-5-2-3-7-17(14)20(22)23/h2-3,5,7,9H,4,6,8,10-12H2,1H3/t22-/m0/s1. The first kappa shape index (κ1) is 14.9. The molecule has 3 nitrogen and oxygen atoms in total. The lowest BCUT2D eigenvalue weighted by Crippen LogP contribution is -2.28. The van der Waals surface area contributed by atoms with Crippen molar-refractivity contribution in [2.75, 3.05) is 7.11 Å². The van der Waals surface area contributed by atoms with Gasteiger partial charge in [-0.2, -0.15) is 0 Å². The number of benzene rings is 2. The number of hydrogen-bond acceptors (Lipinski definition) is 3. The fourth-order valence-corrected chi connectivity index (χ4v) is 5.24. The summed E-state index contributed by atoms with van der Waals surface area (Å²) in [5.41, 5.74) is 7.05. The zero-order valence-corrected chi connectivity index (χ0v) is 14.4. The van der Waals surface area contributed by atoms with Crippen LogP contribution in [0.25, 0.3) is 0 Å². The number of aryl methyl sites for hydroxylation is 1. The Morgan fingerprint density at radius 3 is 2.60 bits per heavy atom. The number of Topliss-reactive ketones (excluding diaryl/α,β-unsaturated/α-hetero) is 1. The molecule has 0 aromatic heterocycles. The molecule has 2 aromatic rings. The first-order valence-electron chi connectivity index (χ1n) is 9.00. The minimum atomic E-state index is -0.399. The summed E-state index contributed by atoms with van der Waals surface area (Å²) in [5, 5.41) is 0. The average Bonchev–Trinajstić information content (AvgIpc) is 3.29. The van der Waals surface area contributed by atoms with Crippen LogP contribution in [0.5, 0.6) is 0 Å². The molecule has 0 heterocycles. The van der Waals surface area contributed by atoms with Crippen LogP contribution in [0.1, 0.15) is 55.0 Å². The highest BCUT2D eigenvalue weighted by molar-refractivity contribution is 6.06. The van der Waals surface area contributed by atoms with Gasteiger partial charge in [-0.1, -0.05) is 30.3 Å². The Morgan fingerprint density at radius 2 is 1.80 bits per heavy atom. The van der Waals surface area contributed by atoms with Gasteiger partial charge in [-0.15, -0.1) is 0 Å². The SMILES string of the molecule is COC(=O)c1c2c(cc3c1C[C@]1(Cc4ccccc4C1=O)C3)CCC2. The van der Waals surface area contributed by atoms with Crippen LogP contribution in [-0.4, -0.2) is 18.9 Å². The third-order valence-corrected chi connectivity index (χ3v) is 6.31. The van der Waals surface area contributed by atoms with Crippen LogP contribution in [-0.2, 0) is 36.8 Å². The van der Waals surface area contributed by atoms with Crippen LogP contribution >= 0.6 is 0 Å². The van der Waals surface area contributed by atoms with E-state index < -0.39 is 5.41 Å². The molecule has 0 bridgehead atoms. The number of rotatable bonds is 1. The van der Waals surface area contributed by atoms with E-state index in [1.165, 1.54) is 18.2 Å². The lowest BCUT2D eigenvalue weighted by molar-refractivity contribution is 0.0597. The highest BCUT2D eigenvalue weighted by atomic mass is 16.5. The second-order valence-electron chi connectivity index (χ2n) is 7.67.